The molecule has 116 valence electrons. The lowest BCUT2D eigenvalue weighted by Gasteiger charge is -2.43. The Bertz CT molecular complexity index is 334. The Labute approximate surface area is 122 Å². The lowest BCUT2D eigenvalue weighted by molar-refractivity contribution is -0.147. The van der Waals surface area contributed by atoms with Gasteiger partial charge in [-0.2, -0.15) is 0 Å². The molecule has 1 saturated heterocycles. The highest BCUT2D eigenvalue weighted by Crippen LogP contribution is 2.35. The van der Waals surface area contributed by atoms with Gasteiger partial charge in [-0.05, 0) is 64.5 Å². The molecule has 2 aliphatic rings. The van der Waals surface area contributed by atoms with Crippen LogP contribution in [-0.2, 0) is 4.79 Å². The Hall–Kier alpha value is -0.610. The van der Waals surface area contributed by atoms with Crippen molar-refractivity contribution < 1.29 is 9.90 Å². The Balaban J connectivity index is 2.07. The summed E-state index contributed by atoms with van der Waals surface area (Å²) in [5, 5.41) is 13.1. The van der Waals surface area contributed by atoms with Crippen molar-refractivity contribution in [3.63, 3.8) is 0 Å². The van der Waals surface area contributed by atoms with Crippen LogP contribution in [0, 0.1) is 0 Å². The summed E-state index contributed by atoms with van der Waals surface area (Å²) in [6.07, 6.45) is 8.50. The van der Waals surface area contributed by atoms with Crippen LogP contribution in [-0.4, -0.2) is 46.7 Å². The molecule has 0 aromatic heterocycles. The number of carboxylic acid groups (broad SMARTS) is 1. The Kier molecular flexibility index (Phi) is 5.44. The minimum Gasteiger partial charge on any atom is -0.480 e. The number of aliphatic carboxylic acids is 1. The van der Waals surface area contributed by atoms with Crippen LogP contribution in [0.3, 0.4) is 0 Å². The minimum atomic E-state index is -0.681. The molecule has 0 spiro atoms. The van der Waals surface area contributed by atoms with E-state index in [1.807, 2.05) is 0 Å². The standard InChI is InChI=1S/C16H30N2O2/c1-3-10-17-16(15(19)20)9-5-7-14(12-16)18-11-6-8-13(18)4-2/h13-14,17H,3-12H2,1-2H3,(H,19,20). The fourth-order valence-electron chi connectivity index (χ4n) is 4.10. The first-order chi connectivity index (χ1) is 9.63. The molecule has 0 radical (unpaired) electrons. The van der Waals surface area contributed by atoms with Crippen molar-refractivity contribution in [1.82, 2.24) is 10.2 Å². The Morgan fingerprint density at radius 1 is 1.35 bits per heavy atom. The second kappa shape index (κ2) is 6.90. The van der Waals surface area contributed by atoms with Crippen molar-refractivity contribution in [3.05, 3.63) is 0 Å². The van der Waals surface area contributed by atoms with Gasteiger partial charge in [0.25, 0.3) is 0 Å². The van der Waals surface area contributed by atoms with Gasteiger partial charge in [0, 0.05) is 12.1 Å². The number of nitrogens with one attached hydrogen (secondary N) is 1. The van der Waals surface area contributed by atoms with Crippen LogP contribution >= 0.6 is 0 Å². The van der Waals surface area contributed by atoms with E-state index >= 15 is 0 Å². The van der Waals surface area contributed by atoms with E-state index in [4.69, 9.17) is 0 Å². The topological polar surface area (TPSA) is 52.6 Å². The average molecular weight is 282 g/mol. The Morgan fingerprint density at radius 2 is 2.15 bits per heavy atom. The Morgan fingerprint density at radius 3 is 2.80 bits per heavy atom. The maximum absolute atomic E-state index is 11.8. The smallest absolute Gasteiger partial charge is 0.323 e. The molecular formula is C16H30N2O2. The number of nitrogens with zero attached hydrogens (tertiary/aromatic N) is 1. The van der Waals surface area contributed by atoms with Crippen LogP contribution in [0.1, 0.15) is 65.2 Å². The van der Waals surface area contributed by atoms with Crippen LogP contribution in [0.25, 0.3) is 0 Å². The number of hydrogen-bond donors (Lipinski definition) is 2. The summed E-state index contributed by atoms with van der Waals surface area (Å²) < 4.78 is 0. The van der Waals surface area contributed by atoms with Crippen LogP contribution < -0.4 is 5.32 Å². The number of likely N-dealkylation sites (tertiary alicyclic amines) is 1. The molecule has 0 aromatic rings. The molecule has 2 N–H and O–H groups in total. The number of rotatable bonds is 6. The second-order valence-corrected chi connectivity index (χ2v) is 6.51. The molecule has 0 bridgehead atoms. The number of carboxylic acids is 1. The quantitative estimate of drug-likeness (QED) is 0.786. The van der Waals surface area contributed by atoms with Crippen molar-refractivity contribution in [2.45, 2.75) is 82.8 Å². The normalized spacial score (nSPS) is 35.3. The predicted octanol–water partition coefficient (Wildman–Crippen LogP) is 2.63. The first-order valence-corrected chi connectivity index (χ1v) is 8.37. The number of hydrogen-bond acceptors (Lipinski definition) is 3. The SMILES string of the molecule is CCCNC1(C(=O)O)CCCC(N2CCCC2CC)C1. The molecular weight excluding hydrogens is 252 g/mol. The van der Waals surface area contributed by atoms with E-state index in [1.54, 1.807) is 0 Å². The second-order valence-electron chi connectivity index (χ2n) is 6.51. The monoisotopic (exact) mass is 282 g/mol. The largest absolute Gasteiger partial charge is 0.480 e. The lowest BCUT2D eigenvalue weighted by atomic mass is 9.78. The first-order valence-electron chi connectivity index (χ1n) is 8.37. The highest BCUT2D eigenvalue weighted by atomic mass is 16.4. The van der Waals surface area contributed by atoms with Crippen LogP contribution in [0.2, 0.25) is 0 Å². The van der Waals surface area contributed by atoms with Gasteiger partial charge in [-0.15, -0.1) is 0 Å². The van der Waals surface area contributed by atoms with E-state index in [-0.39, 0.29) is 0 Å². The summed E-state index contributed by atoms with van der Waals surface area (Å²) in [6.45, 7) is 6.31. The van der Waals surface area contributed by atoms with Gasteiger partial charge < -0.3 is 10.4 Å². The third kappa shape index (κ3) is 3.17. The maximum Gasteiger partial charge on any atom is 0.323 e. The molecule has 2 fully saturated rings. The summed E-state index contributed by atoms with van der Waals surface area (Å²) in [4.78, 5) is 14.4. The van der Waals surface area contributed by atoms with E-state index in [1.165, 1.54) is 25.7 Å². The van der Waals surface area contributed by atoms with Gasteiger partial charge in [-0.25, -0.2) is 0 Å². The molecule has 3 atom stereocenters. The van der Waals surface area contributed by atoms with Gasteiger partial charge in [-0.3, -0.25) is 9.69 Å². The summed E-state index contributed by atoms with van der Waals surface area (Å²) in [6, 6.07) is 1.13. The molecule has 1 aliphatic heterocycles. The van der Waals surface area contributed by atoms with E-state index in [0.717, 1.165) is 38.8 Å². The molecule has 2 rings (SSSR count). The molecule has 4 heteroatoms. The van der Waals surface area contributed by atoms with Crippen LogP contribution in [0.15, 0.2) is 0 Å². The zero-order chi connectivity index (χ0) is 14.6. The van der Waals surface area contributed by atoms with Gasteiger partial charge in [0.2, 0.25) is 0 Å². The third-order valence-corrected chi connectivity index (χ3v) is 5.21. The first kappa shape index (κ1) is 15.8. The zero-order valence-electron chi connectivity index (χ0n) is 13.0. The van der Waals surface area contributed by atoms with Crippen molar-refractivity contribution in [2.24, 2.45) is 0 Å². The molecule has 0 amide bonds. The van der Waals surface area contributed by atoms with E-state index in [0.29, 0.717) is 12.1 Å². The van der Waals surface area contributed by atoms with E-state index in [2.05, 4.69) is 24.1 Å². The van der Waals surface area contributed by atoms with Crippen LogP contribution in [0.4, 0.5) is 0 Å². The molecule has 4 nitrogen and oxygen atoms in total. The maximum atomic E-state index is 11.8. The van der Waals surface area contributed by atoms with E-state index in [9.17, 15) is 9.90 Å². The van der Waals surface area contributed by atoms with Crippen molar-refractivity contribution in [1.29, 1.82) is 0 Å². The molecule has 1 aliphatic carbocycles. The summed E-state index contributed by atoms with van der Waals surface area (Å²) in [7, 11) is 0. The third-order valence-electron chi connectivity index (χ3n) is 5.21. The lowest BCUT2D eigenvalue weighted by Crippen LogP contribution is -2.59. The van der Waals surface area contributed by atoms with Gasteiger partial charge in [0.1, 0.15) is 5.54 Å². The van der Waals surface area contributed by atoms with Crippen molar-refractivity contribution in [3.8, 4) is 0 Å². The average Bonchev–Trinajstić information content (AvgIpc) is 2.93. The minimum absolute atomic E-state index is 0.455. The van der Waals surface area contributed by atoms with Crippen molar-refractivity contribution >= 4 is 5.97 Å². The van der Waals surface area contributed by atoms with Gasteiger partial charge in [0.05, 0.1) is 0 Å². The highest BCUT2D eigenvalue weighted by molar-refractivity contribution is 5.79. The van der Waals surface area contributed by atoms with Crippen LogP contribution in [0.5, 0.6) is 0 Å². The molecule has 20 heavy (non-hydrogen) atoms. The predicted molar refractivity (Wildman–Crippen MR) is 80.9 cm³/mol. The van der Waals surface area contributed by atoms with E-state index < -0.39 is 11.5 Å². The molecule has 1 saturated carbocycles. The number of carbonyl (C=O) groups is 1. The van der Waals surface area contributed by atoms with Gasteiger partial charge >= 0.3 is 5.97 Å². The zero-order valence-corrected chi connectivity index (χ0v) is 13.0. The highest BCUT2D eigenvalue weighted by Gasteiger charge is 2.45. The van der Waals surface area contributed by atoms with Gasteiger partial charge in [0.15, 0.2) is 0 Å². The summed E-state index contributed by atoms with van der Waals surface area (Å²) in [5.74, 6) is -0.650. The summed E-state index contributed by atoms with van der Waals surface area (Å²) >= 11 is 0. The fraction of sp³-hybridized carbons (Fsp3) is 0.938. The fourth-order valence-corrected chi connectivity index (χ4v) is 4.10. The van der Waals surface area contributed by atoms with Gasteiger partial charge in [-0.1, -0.05) is 13.8 Å². The summed E-state index contributed by atoms with van der Waals surface area (Å²) in [5.41, 5.74) is -0.681. The molecule has 3 unspecified atom stereocenters. The molecule has 1 heterocycles. The van der Waals surface area contributed by atoms with Crippen molar-refractivity contribution in [2.75, 3.05) is 13.1 Å². The molecule has 0 aromatic carbocycles.